The molecule has 1 aromatic rings. The number of nitrogens with one attached hydrogen (secondary N) is 2. The Morgan fingerprint density at radius 2 is 2.20 bits per heavy atom. The van der Waals surface area contributed by atoms with E-state index in [9.17, 15) is 4.79 Å². The first-order valence-electron chi connectivity index (χ1n) is 6.68. The van der Waals surface area contributed by atoms with Crippen molar-refractivity contribution in [3.05, 3.63) is 24.3 Å². The number of carbonyl (C=O) groups is 1. The lowest BCUT2D eigenvalue weighted by Gasteiger charge is -2.34. The van der Waals surface area contributed by atoms with E-state index in [-0.39, 0.29) is 17.9 Å². The number of benzene rings is 1. The molecule has 1 atom stereocenters. The standard InChI is InChI=1S/C14H20N4O2/c1-20-12-8-3-2-6-10(12)17-14(19)18-9-5-4-7-11(18)13(15)16/h2-3,6,8,11H,4-5,7,9H2,1H3,(H3,15,16)(H,17,19). The Morgan fingerprint density at radius 3 is 2.90 bits per heavy atom. The molecule has 1 aromatic carbocycles. The van der Waals surface area contributed by atoms with Crippen LogP contribution in [-0.2, 0) is 0 Å². The number of urea groups is 1. The molecule has 0 radical (unpaired) electrons. The van der Waals surface area contributed by atoms with Crippen LogP contribution in [0.3, 0.4) is 0 Å². The molecule has 2 amide bonds. The summed E-state index contributed by atoms with van der Waals surface area (Å²) in [5, 5.41) is 10.4. The quantitative estimate of drug-likeness (QED) is 0.582. The number of nitrogens with zero attached hydrogens (tertiary/aromatic N) is 1. The first-order valence-corrected chi connectivity index (χ1v) is 6.68. The summed E-state index contributed by atoms with van der Waals surface area (Å²) < 4.78 is 5.21. The smallest absolute Gasteiger partial charge is 0.322 e. The fourth-order valence-electron chi connectivity index (χ4n) is 2.43. The highest BCUT2D eigenvalue weighted by molar-refractivity contribution is 5.95. The van der Waals surface area contributed by atoms with Gasteiger partial charge in [0.25, 0.3) is 0 Å². The average molecular weight is 276 g/mol. The lowest BCUT2D eigenvalue weighted by Crippen LogP contribution is -2.51. The number of amides is 2. The minimum absolute atomic E-state index is 0.0416. The van der Waals surface area contributed by atoms with Gasteiger partial charge in [0.15, 0.2) is 0 Å². The molecule has 1 aliphatic rings. The summed E-state index contributed by atoms with van der Waals surface area (Å²) in [7, 11) is 1.56. The normalized spacial score (nSPS) is 18.4. The fourth-order valence-corrected chi connectivity index (χ4v) is 2.43. The molecule has 1 fully saturated rings. The van der Waals surface area contributed by atoms with Crippen LogP contribution in [0.4, 0.5) is 10.5 Å². The third-order valence-corrected chi connectivity index (χ3v) is 3.47. The predicted molar refractivity (Wildman–Crippen MR) is 78.3 cm³/mol. The van der Waals surface area contributed by atoms with Crippen molar-refractivity contribution in [1.29, 1.82) is 5.41 Å². The molecule has 0 aliphatic carbocycles. The summed E-state index contributed by atoms with van der Waals surface area (Å²) in [6, 6.07) is 6.69. The number of carbonyl (C=O) groups excluding carboxylic acids is 1. The van der Waals surface area contributed by atoms with E-state index in [2.05, 4.69) is 5.32 Å². The van der Waals surface area contributed by atoms with Crippen molar-refractivity contribution in [2.45, 2.75) is 25.3 Å². The molecule has 1 saturated heterocycles. The molecule has 0 aromatic heterocycles. The van der Waals surface area contributed by atoms with E-state index in [0.29, 0.717) is 18.0 Å². The molecular weight excluding hydrogens is 256 g/mol. The summed E-state index contributed by atoms with van der Waals surface area (Å²) in [6.07, 6.45) is 2.67. The number of hydrogen-bond donors (Lipinski definition) is 3. The number of piperidine rings is 1. The Hall–Kier alpha value is -2.24. The molecule has 0 bridgehead atoms. The van der Waals surface area contributed by atoms with Crippen LogP contribution in [-0.4, -0.2) is 36.5 Å². The number of anilines is 1. The second-order valence-electron chi connectivity index (χ2n) is 4.79. The van der Waals surface area contributed by atoms with Crippen LogP contribution >= 0.6 is 0 Å². The monoisotopic (exact) mass is 276 g/mol. The highest BCUT2D eigenvalue weighted by Gasteiger charge is 2.29. The Morgan fingerprint density at radius 1 is 1.45 bits per heavy atom. The molecule has 20 heavy (non-hydrogen) atoms. The highest BCUT2D eigenvalue weighted by atomic mass is 16.5. The van der Waals surface area contributed by atoms with E-state index < -0.39 is 0 Å². The van der Waals surface area contributed by atoms with E-state index in [4.69, 9.17) is 15.9 Å². The van der Waals surface area contributed by atoms with Crippen LogP contribution in [0.25, 0.3) is 0 Å². The summed E-state index contributed by atoms with van der Waals surface area (Å²) >= 11 is 0. The lowest BCUT2D eigenvalue weighted by molar-refractivity contribution is 0.185. The molecule has 4 N–H and O–H groups in total. The SMILES string of the molecule is COc1ccccc1NC(=O)N1CCCCC1C(=N)N. The van der Waals surface area contributed by atoms with Crippen molar-refractivity contribution in [1.82, 2.24) is 4.90 Å². The number of amidine groups is 1. The molecular formula is C14H20N4O2. The molecule has 1 unspecified atom stereocenters. The number of nitrogens with two attached hydrogens (primary N) is 1. The number of ether oxygens (including phenoxy) is 1. The molecule has 1 aliphatic heterocycles. The number of likely N-dealkylation sites (tertiary alicyclic amines) is 1. The average Bonchev–Trinajstić information content (AvgIpc) is 2.47. The highest BCUT2D eigenvalue weighted by Crippen LogP contribution is 2.25. The van der Waals surface area contributed by atoms with Gasteiger partial charge in [-0.2, -0.15) is 0 Å². The van der Waals surface area contributed by atoms with Crippen molar-refractivity contribution >= 4 is 17.6 Å². The number of para-hydroxylation sites is 2. The van der Waals surface area contributed by atoms with Crippen LogP contribution in [0, 0.1) is 5.41 Å². The van der Waals surface area contributed by atoms with Crippen LogP contribution < -0.4 is 15.8 Å². The zero-order chi connectivity index (χ0) is 14.5. The number of hydrogen-bond acceptors (Lipinski definition) is 3. The fraction of sp³-hybridized carbons (Fsp3) is 0.429. The van der Waals surface area contributed by atoms with Gasteiger partial charge in [-0.1, -0.05) is 12.1 Å². The van der Waals surface area contributed by atoms with E-state index in [1.165, 1.54) is 0 Å². The Labute approximate surface area is 118 Å². The van der Waals surface area contributed by atoms with Crippen molar-refractivity contribution in [3.63, 3.8) is 0 Å². The van der Waals surface area contributed by atoms with Crippen LogP contribution in [0.2, 0.25) is 0 Å². The molecule has 108 valence electrons. The molecule has 6 heteroatoms. The Kier molecular flexibility index (Phi) is 4.45. The van der Waals surface area contributed by atoms with Gasteiger partial charge in [0, 0.05) is 6.54 Å². The lowest BCUT2D eigenvalue weighted by atomic mass is 10.0. The van der Waals surface area contributed by atoms with Crippen molar-refractivity contribution in [2.75, 3.05) is 19.0 Å². The maximum absolute atomic E-state index is 12.4. The van der Waals surface area contributed by atoms with Gasteiger partial charge in [0.1, 0.15) is 11.6 Å². The van der Waals surface area contributed by atoms with Gasteiger partial charge >= 0.3 is 6.03 Å². The van der Waals surface area contributed by atoms with Crippen LogP contribution in [0.15, 0.2) is 24.3 Å². The number of methoxy groups -OCH3 is 1. The molecule has 6 nitrogen and oxygen atoms in total. The third-order valence-electron chi connectivity index (χ3n) is 3.47. The predicted octanol–water partition coefficient (Wildman–Crippen LogP) is 2.02. The van der Waals surface area contributed by atoms with Crippen molar-refractivity contribution in [3.8, 4) is 5.75 Å². The van der Waals surface area contributed by atoms with Crippen molar-refractivity contribution < 1.29 is 9.53 Å². The summed E-state index contributed by atoms with van der Waals surface area (Å²) in [5.41, 5.74) is 6.20. The van der Waals surface area contributed by atoms with E-state index in [1.54, 1.807) is 24.1 Å². The Bertz CT molecular complexity index is 504. The van der Waals surface area contributed by atoms with Gasteiger partial charge < -0.3 is 20.7 Å². The maximum atomic E-state index is 12.4. The minimum Gasteiger partial charge on any atom is -0.495 e. The molecule has 1 heterocycles. The number of rotatable bonds is 3. The third kappa shape index (κ3) is 3.01. The maximum Gasteiger partial charge on any atom is 0.322 e. The summed E-state index contributed by atoms with van der Waals surface area (Å²) in [6.45, 7) is 0.616. The van der Waals surface area contributed by atoms with E-state index >= 15 is 0 Å². The van der Waals surface area contributed by atoms with Gasteiger partial charge in [-0.05, 0) is 31.4 Å². The largest absolute Gasteiger partial charge is 0.495 e. The summed E-state index contributed by atoms with van der Waals surface area (Å²) in [4.78, 5) is 14.0. The van der Waals surface area contributed by atoms with E-state index in [1.807, 2.05) is 12.1 Å². The molecule has 0 saturated carbocycles. The first-order chi connectivity index (χ1) is 9.63. The van der Waals surface area contributed by atoms with Gasteiger partial charge in [-0.3, -0.25) is 5.41 Å². The zero-order valence-corrected chi connectivity index (χ0v) is 11.6. The van der Waals surface area contributed by atoms with E-state index in [0.717, 1.165) is 19.3 Å². The topological polar surface area (TPSA) is 91.4 Å². The van der Waals surface area contributed by atoms with Gasteiger partial charge in [-0.25, -0.2) is 4.79 Å². The first kappa shape index (κ1) is 14.2. The summed E-state index contributed by atoms with van der Waals surface area (Å²) in [5.74, 6) is 0.650. The van der Waals surface area contributed by atoms with Crippen LogP contribution in [0.5, 0.6) is 5.75 Å². The second-order valence-corrected chi connectivity index (χ2v) is 4.79. The van der Waals surface area contributed by atoms with Gasteiger partial charge in [-0.15, -0.1) is 0 Å². The second kappa shape index (κ2) is 6.27. The molecule has 2 rings (SSSR count). The zero-order valence-electron chi connectivity index (χ0n) is 11.6. The molecule has 0 spiro atoms. The van der Waals surface area contributed by atoms with Crippen LogP contribution in [0.1, 0.15) is 19.3 Å². The minimum atomic E-state index is -0.307. The van der Waals surface area contributed by atoms with Gasteiger partial charge in [0.05, 0.1) is 18.8 Å². The van der Waals surface area contributed by atoms with Gasteiger partial charge in [0.2, 0.25) is 0 Å². The Balaban J connectivity index is 2.12. The van der Waals surface area contributed by atoms with Crippen molar-refractivity contribution in [2.24, 2.45) is 5.73 Å².